The first kappa shape index (κ1) is 9.07. The Morgan fingerprint density at radius 2 is 2.50 bits per heavy atom. The van der Waals surface area contributed by atoms with Gasteiger partial charge in [0.2, 0.25) is 0 Å². The van der Waals surface area contributed by atoms with Crippen LogP contribution in [0.4, 0.5) is 0 Å². The molecule has 0 saturated heterocycles. The molecule has 0 amide bonds. The van der Waals surface area contributed by atoms with Crippen molar-refractivity contribution < 1.29 is 4.74 Å². The first-order chi connectivity index (χ1) is 5.88. The molecule has 0 aromatic carbocycles. The van der Waals surface area contributed by atoms with Crippen molar-refractivity contribution in [2.24, 2.45) is 0 Å². The van der Waals surface area contributed by atoms with Gasteiger partial charge in [0.05, 0.1) is 11.6 Å². The highest BCUT2D eigenvalue weighted by atomic mass is 35.5. The molecule has 0 aliphatic rings. The Hall–Kier alpha value is -1.02. The van der Waals surface area contributed by atoms with Crippen LogP contribution in [0.5, 0.6) is 5.75 Å². The van der Waals surface area contributed by atoms with Gasteiger partial charge in [0, 0.05) is 6.20 Å². The zero-order valence-corrected chi connectivity index (χ0v) is 7.42. The summed E-state index contributed by atoms with van der Waals surface area (Å²) >= 11 is 5.64. The molecule has 64 valence electrons. The first-order valence-corrected chi connectivity index (χ1v) is 4.15. The van der Waals surface area contributed by atoms with Crippen LogP contribution in [0, 0.1) is 0 Å². The van der Waals surface area contributed by atoms with Crippen molar-refractivity contribution >= 4 is 11.6 Å². The molecule has 0 atom stereocenters. The molecule has 3 heteroatoms. The van der Waals surface area contributed by atoms with Gasteiger partial charge in [-0.25, -0.2) is 0 Å². The van der Waals surface area contributed by atoms with Crippen molar-refractivity contribution in [3.8, 4) is 5.75 Å². The molecule has 12 heavy (non-hydrogen) atoms. The topological polar surface area (TPSA) is 22.1 Å². The number of halogens is 1. The number of aromatic nitrogens is 1. The van der Waals surface area contributed by atoms with Crippen LogP contribution in [0.1, 0.15) is 5.69 Å². The van der Waals surface area contributed by atoms with E-state index >= 15 is 0 Å². The van der Waals surface area contributed by atoms with E-state index in [1.54, 1.807) is 12.3 Å². The minimum atomic E-state index is 0.368. The Bertz CT molecular complexity index is 262. The van der Waals surface area contributed by atoms with Crippen molar-refractivity contribution in [3.05, 3.63) is 36.7 Å². The van der Waals surface area contributed by atoms with Crippen LogP contribution in [0.25, 0.3) is 0 Å². The fourth-order valence-electron chi connectivity index (χ4n) is 0.804. The standard InChI is InChI=1S/C9H10ClNO/c1-2-6-12-9-4-3-5-11-8(9)7-10/h2-5H,1,6-7H2. The average molecular weight is 184 g/mol. The van der Waals surface area contributed by atoms with E-state index in [4.69, 9.17) is 16.3 Å². The van der Waals surface area contributed by atoms with Gasteiger partial charge in [0.1, 0.15) is 12.4 Å². The van der Waals surface area contributed by atoms with E-state index in [0.29, 0.717) is 12.5 Å². The molecule has 0 N–H and O–H groups in total. The highest BCUT2D eigenvalue weighted by Gasteiger charge is 2.00. The SMILES string of the molecule is C=CCOc1cccnc1CCl. The number of hydrogen-bond donors (Lipinski definition) is 0. The van der Waals surface area contributed by atoms with Gasteiger partial charge in [-0.1, -0.05) is 12.7 Å². The second kappa shape index (κ2) is 4.78. The van der Waals surface area contributed by atoms with E-state index in [1.165, 1.54) is 0 Å². The van der Waals surface area contributed by atoms with E-state index in [0.717, 1.165) is 11.4 Å². The quantitative estimate of drug-likeness (QED) is 0.528. The maximum atomic E-state index is 5.64. The molecule has 0 fully saturated rings. The fraction of sp³-hybridized carbons (Fsp3) is 0.222. The van der Waals surface area contributed by atoms with Crippen molar-refractivity contribution in [1.29, 1.82) is 0 Å². The Morgan fingerprint density at radius 3 is 3.17 bits per heavy atom. The lowest BCUT2D eigenvalue weighted by Gasteiger charge is -2.05. The smallest absolute Gasteiger partial charge is 0.142 e. The molecule has 1 aromatic heterocycles. The Kier molecular flexibility index (Phi) is 3.61. The van der Waals surface area contributed by atoms with E-state index in [9.17, 15) is 0 Å². The van der Waals surface area contributed by atoms with Crippen LogP contribution in [0.2, 0.25) is 0 Å². The minimum Gasteiger partial charge on any atom is -0.488 e. The molecule has 0 bridgehead atoms. The number of alkyl halides is 1. The molecule has 1 aromatic rings. The van der Waals surface area contributed by atoms with E-state index in [2.05, 4.69) is 11.6 Å². The van der Waals surface area contributed by atoms with Gasteiger partial charge in [0.25, 0.3) is 0 Å². The molecule has 0 unspecified atom stereocenters. The van der Waals surface area contributed by atoms with Crippen LogP contribution in [0.15, 0.2) is 31.0 Å². The lowest BCUT2D eigenvalue weighted by molar-refractivity contribution is 0.358. The van der Waals surface area contributed by atoms with Gasteiger partial charge in [-0.2, -0.15) is 0 Å². The molecule has 1 heterocycles. The van der Waals surface area contributed by atoms with Crippen molar-refractivity contribution in [1.82, 2.24) is 4.98 Å². The van der Waals surface area contributed by atoms with Crippen molar-refractivity contribution in [3.63, 3.8) is 0 Å². The molecular weight excluding hydrogens is 174 g/mol. The summed E-state index contributed by atoms with van der Waals surface area (Å²) in [6.07, 6.45) is 3.38. The highest BCUT2D eigenvalue weighted by Crippen LogP contribution is 2.16. The maximum absolute atomic E-state index is 5.64. The molecular formula is C9H10ClNO. The van der Waals surface area contributed by atoms with E-state index in [-0.39, 0.29) is 0 Å². The summed E-state index contributed by atoms with van der Waals surface area (Å²) in [7, 11) is 0. The highest BCUT2D eigenvalue weighted by molar-refractivity contribution is 6.17. The maximum Gasteiger partial charge on any atom is 0.142 e. The minimum absolute atomic E-state index is 0.368. The van der Waals surface area contributed by atoms with Gasteiger partial charge in [-0.15, -0.1) is 11.6 Å². The largest absolute Gasteiger partial charge is 0.488 e. The number of pyridine rings is 1. The molecule has 0 radical (unpaired) electrons. The third kappa shape index (κ3) is 2.24. The first-order valence-electron chi connectivity index (χ1n) is 3.62. The van der Waals surface area contributed by atoms with Gasteiger partial charge in [0.15, 0.2) is 0 Å². The summed E-state index contributed by atoms with van der Waals surface area (Å²) in [5, 5.41) is 0. The summed E-state index contributed by atoms with van der Waals surface area (Å²) in [4.78, 5) is 4.06. The van der Waals surface area contributed by atoms with Crippen LogP contribution >= 0.6 is 11.6 Å². The molecule has 1 rings (SSSR count). The predicted octanol–water partition coefficient (Wildman–Crippen LogP) is 2.39. The van der Waals surface area contributed by atoms with Crippen LogP contribution in [-0.4, -0.2) is 11.6 Å². The zero-order chi connectivity index (χ0) is 8.81. The van der Waals surface area contributed by atoms with Gasteiger partial charge in [-0.05, 0) is 12.1 Å². The van der Waals surface area contributed by atoms with Crippen molar-refractivity contribution in [2.75, 3.05) is 6.61 Å². The number of nitrogens with zero attached hydrogens (tertiary/aromatic N) is 1. The number of ether oxygens (including phenoxy) is 1. The third-order valence-corrected chi connectivity index (χ3v) is 1.58. The Morgan fingerprint density at radius 1 is 1.67 bits per heavy atom. The van der Waals surface area contributed by atoms with Gasteiger partial charge >= 0.3 is 0 Å². The fourth-order valence-corrected chi connectivity index (χ4v) is 1.00. The monoisotopic (exact) mass is 183 g/mol. The van der Waals surface area contributed by atoms with Crippen molar-refractivity contribution in [2.45, 2.75) is 5.88 Å². The molecule has 0 spiro atoms. The zero-order valence-electron chi connectivity index (χ0n) is 6.66. The normalized spacial score (nSPS) is 9.42. The molecule has 0 aliphatic heterocycles. The van der Waals surface area contributed by atoms with Gasteiger partial charge < -0.3 is 4.74 Å². The Labute approximate surface area is 76.8 Å². The summed E-state index contributed by atoms with van der Waals surface area (Å²) in [5.74, 6) is 1.10. The predicted molar refractivity (Wildman–Crippen MR) is 49.5 cm³/mol. The lowest BCUT2D eigenvalue weighted by atomic mass is 10.3. The summed E-state index contributed by atoms with van der Waals surface area (Å²) in [5.41, 5.74) is 0.765. The number of rotatable bonds is 4. The van der Waals surface area contributed by atoms with Gasteiger partial charge in [-0.3, -0.25) is 4.98 Å². The van der Waals surface area contributed by atoms with E-state index < -0.39 is 0 Å². The van der Waals surface area contributed by atoms with Crippen LogP contribution in [0.3, 0.4) is 0 Å². The summed E-state index contributed by atoms with van der Waals surface area (Å²) in [6.45, 7) is 4.03. The third-order valence-electron chi connectivity index (χ3n) is 1.33. The van der Waals surface area contributed by atoms with Crippen LogP contribution < -0.4 is 4.74 Å². The summed E-state index contributed by atoms with van der Waals surface area (Å²) in [6, 6.07) is 3.66. The lowest BCUT2D eigenvalue weighted by Crippen LogP contribution is -1.97. The molecule has 0 saturated carbocycles. The Balaban J connectivity index is 2.74. The summed E-state index contributed by atoms with van der Waals surface area (Å²) < 4.78 is 5.31. The molecule has 0 aliphatic carbocycles. The van der Waals surface area contributed by atoms with E-state index in [1.807, 2.05) is 12.1 Å². The second-order valence-electron chi connectivity index (χ2n) is 2.18. The average Bonchev–Trinajstić information content (AvgIpc) is 2.15. The molecule has 2 nitrogen and oxygen atoms in total. The number of hydrogen-bond acceptors (Lipinski definition) is 2. The van der Waals surface area contributed by atoms with Crippen LogP contribution in [-0.2, 0) is 5.88 Å². The second-order valence-corrected chi connectivity index (χ2v) is 2.45.